The molecule has 0 unspecified atom stereocenters. The quantitative estimate of drug-likeness (QED) is 0.806. The van der Waals surface area contributed by atoms with Gasteiger partial charge in [0.15, 0.2) is 0 Å². The summed E-state index contributed by atoms with van der Waals surface area (Å²) in [6, 6.07) is 10.2. The minimum Gasteiger partial charge on any atom is -0.281 e. The van der Waals surface area contributed by atoms with Gasteiger partial charge < -0.3 is 0 Å². The van der Waals surface area contributed by atoms with Crippen molar-refractivity contribution in [1.82, 2.24) is 0 Å². The molecule has 2 aliphatic rings. The van der Waals surface area contributed by atoms with Gasteiger partial charge in [0.2, 0.25) is 20.5 Å². The lowest BCUT2D eigenvalue weighted by molar-refractivity contribution is 0.107. The number of fused-ring (bicyclic) bond motifs is 2. The highest BCUT2D eigenvalue weighted by atomic mass is 32.2. The number of carbonyl (C=O) groups is 4. The fourth-order valence-corrected chi connectivity index (χ4v) is 4.76. The molecule has 0 aliphatic carbocycles. The van der Waals surface area contributed by atoms with Crippen molar-refractivity contribution in [2.24, 2.45) is 0 Å². The van der Waals surface area contributed by atoms with Gasteiger partial charge in [0.25, 0.3) is 0 Å². The lowest BCUT2D eigenvalue weighted by atomic mass is 10.1. The first kappa shape index (κ1) is 14.7. The van der Waals surface area contributed by atoms with Crippen LogP contribution in [0.4, 0.5) is 0 Å². The number of rotatable bonds is 2. The van der Waals surface area contributed by atoms with Crippen molar-refractivity contribution >= 4 is 55.7 Å². The Labute approximate surface area is 143 Å². The van der Waals surface area contributed by atoms with E-state index in [1.165, 1.54) is 11.8 Å². The molecule has 0 atom stereocenters. The molecule has 0 N–H and O–H groups in total. The maximum absolute atomic E-state index is 11.8. The van der Waals surface area contributed by atoms with Crippen LogP contribution in [0.2, 0.25) is 0 Å². The zero-order chi connectivity index (χ0) is 16.1. The highest BCUT2D eigenvalue weighted by Gasteiger charge is 2.30. The molecular formula is C16H6O4S3. The minimum absolute atomic E-state index is 0.222. The predicted octanol–water partition coefficient (Wildman–Crippen LogP) is 3.89. The summed E-state index contributed by atoms with van der Waals surface area (Å²) >= 11 is 2.80. The Morgan fingerprint density at radius 1 is 0.565 bits per heavy atom. The summed E-state index contributed by atoms with van der Waals surface area (Å²) in [7, 11) is 0. The molecule has 2 aliphatic heterocycles. The molecular weight excluding hydrogens is 352 g/mol. The van der Waals surface area contributed by atoms with E-state index in [-0.39, 0.29) is 20.5 Å². The van der Waals surface area contributed by atoms with E-state index in [1.54, 1.807) is 36.4 Å². The van der Waals surface area contributed by atoms with Crippen LogP contribution in [-0.4, -0.2) is 20.5 Å². The summed E-state index contributed by atoms with van der Waals surface area (Å²) < 4.78 is 0. The lowest BCUT2D eigenvalue weighted by Gasteiger charge is -2.05. The van der Waals surface area contributed by atoms with Crippen LogP contribution in [0.25, 0.3) is 0 Å². The van der Waals surface area contributed by atoms with Crippen LogP contribution in [0.1, 0.15) is 41.4 Å². The third-order valence-corrected chi connectivity index (χ3v) is 6.07. The van der Waals surface area contributed by atoms with E-state index in [4.69, 9.17) is 0 Å². The van der Waals surface area contributed by atoms with Gasteiger partial charge in [-0.15, -0.1) is 0 Å². The van der Waals surface area contributed by atoms with Crippen molar-refractivity contribution in [3.8, 4) is 0 Å². The molecule has 0 bridgehead atoms. The van der Waals surface area contributed by atoms with E-state index in [1.807, 2.05) is 0 Å². The first-order chi connectivity index (χ1) is 11.0. The van der Waals surface area contributed by atoms with Crippen LogP contribution in [-0.2, 0) is 0 Å². The van der Waals surface area contributed by atoms with Crippen molar-refractivity contribution in [3.63, 3.8) is 0 Å². The second kappa shape index (κ2) is 5.36. The van der Waals surface area contributed by atoms with Gasteiger partial charge in [-0.25, -0.2) is 0 Å². The SMILES string of the molecule is O=C1SC(=O)c2cc(Sc3ccc4c(c3)C(=O)SC4=O)ccc21. The van der Waals surface area contributed by atoms with Gasteiger partial charge in [-0.3, -0.25) is 19.2 Å². The van der Waals surface area contributed by atoms with Crippen molar-refractivity contribution in [2.75, 3.05) is 0 Å². The predicted molar refractivity (Wildman–Crippen MR) is 89.5 cm³/mol. The topological polar surface area (TPSA) is 68.3 Å². The Bertz CT molecular complexity index is 857. The number of thioether (sulfide) groups is 2. The van der Waals surface area contributed by atoms with Gasteiger partial charge in [0.1, 0.15) is 0 Å². The van der Waals surface area contributed by atoms with Crippen LogP contribution in [0.5, 0.6) is 0 Å². The number of hydrogen-bond donors (Lipinski definition) is 0. The monoisotopic (exact) mass is 358 g/mol. The molecule has 4 rings (SSSR count). The van der Waals surface area contributed by atoms with E-state index in [9.17, 15) is 19.2 Å². The van der Waals surface area contributed by atoms with Gasteiger partial charge in [-0.2, -0.15) is 0 Å². The van der Waals surface area contributed by atoms with Gasteiger partial charge in [0, 0.05) is 32.0 Å². The average molecular weight is 358 g/mol. The largest absolute Gasteiger partial charge is 0.281 e. The molecule has 112 valence electrons. The molecule has 23 heavy (non-hydrogen) atoms. The molecule has 2 heterocycles. The average Bonchev–Trinajstić information content (AvgIpc) is 2.96. The first-order valence-corrected chi connectivity index (χ1v) is 8.97. The summed E-state index contributed by atoms with van der Waals surface area (Å²) in [5.41, 5.74) is 1.73. The number of benzene rings is 2. The maximum atomic E-state index is 11.8. The number of carbonyl (C=O) groups excluding carboxylic acids is 4. The molecule has 0 spiro atoms. The second-order valence-electron chi connectivity index (χ2n) is 4.87. The Morgan fingerprint density at radius 3 is 1.39 bits per heavy atom. The van der Waals surface area contributed by atoms with E-state index in [0.717, 1.165) is 9.79 Å². The van der Waals surface area contributed by atoms with Gasteiger partial charge >= 0.3 is 0 Å². The van der Waals surface area contributed by atoms with Crippen molar-refractivity contribution < 1.29 is 19.2 Å². The third-order valence-electron chi connectivity index (χ3n) is 3.47. The van der Waals surface area contributed by atoms with Crippen LogP contribution < -0.4 is 0 Å². The van der Waals surface area contributed by atoms with Crippen LogP contribution in [0, 0.1) is 0 Å². The Balaban J connectivity index is 1.68. The van der Waals surface area contributed by atoms with Crippen LogP contribution in [0.15, 0.2) is 46.2 Å². The highest BCUT2D eigenvalue weighted by molar-refractivity contribution is 8.28. The van der Waals surface area contributed by atoms with Crippen molar-refractivity contribution in [3.05, 3.63) is 58.7 Å². The normalized spacial score (nSPS) is 16.0. The first-order valence-electron chi connectivity index (χ1n) is 6.52. The fraction of sp³-hybridized carbons (Fsp3) is 0. The summed E-state index contributed by atoms with van der Waals surface area (Å²) in [5, 5.41) is -0.919. The van der Waals surface area contributed by atoms with Crippen molar-refractivity contribution in [2.45, 2.75) is 9.79 Å². The summed E-state index contributed by atoms with van der Waals surface area (Å²) in [4.78, 5) is 48.3. The van der Waals surface area contributed by atoms with Gasteiger partial charge in [-0.05, 0) is 59.9 Å². The Morgan fingerprint density at radius 2 is 0.957 bits per heavy atom. The van der Waals surface area contributed by atoms with Crippen LogP contribution in [0.3, 0.4) is 0 Å². The standard InChI is InChI=1S/C16H6O4S3/c17-13-9-3-1-7(5-11(9)15(19)22-13)21-8-2-4-10-12(6-8)16(20)23-14(10)18/h1-6H. The number of hydrogen-bond acceptors (Lipinski definition) is 7. The second-order valence-corrected chi connectivity index (χ2v) is 7.91. The molecule has 0 radical (unpaired) electrons. The van der Waals surface area contributed by atoms with E-state index < -0.39 is 0 Å². The van der Waals surface area contributed by atoms with E-state index >= 15 is 0 Å². The minimum atomic E-state index is -0.237. The smallest absolute Gasteiger partial charge is 0.228 e. The van der Waals surface area contributed by atoms with Gasteiger partial charge in [-0.1, -0.05) is 11.8 Å². The van der Waals surface area contributed by atoms with Crippen LogP contribution >= 0.6 is 35.3 Å². The molecule has 0 amide bonds. The Hall–Kier alpha value is -1.83. The summed E-state index contributed by atoms with van der Waals surface area (Å²) in [6.07, 6.45) is 0. The van der Waals surface area contributed by atoms with Gasteiger partial charge in [0.05, 0.1) is 0 Å². The summed E-state index contributed by atoms with van der Waals surface area (Å²) in [5.74, 6) is 0. The van der Waals surface area contributed by atoms with E-state index in [2.05, 4.69) is 0 Å². The van der Waals surface area contributed by atoms with E-state index in [0.29, 0.717) is 45.8 Å². The molecule has 4 nitrogen and oxygen atoms in total. The zero-order valence-electron chi connectivity index (χ0n) is 11.3. The third kappa shape index (κ3) is 2.45. The molecule has 2 aromatic rings. The molecule has 0 saturated heterocycles. The molecule has 7 heteroatoms. The molecule has 0 aromatic heterocycles. The highest BCUT2D eigenvalue weighted by Crippen LogP contribution is 2.37. The zero-order valence-corrected chi connectivity index (χ0v) is 13.8. The lowest BCUT2D eigenvalue weighted by Crippen LogP contribution is -1.92. The maximum Gasteiger partial charge on any atom is 0.228 e. The molecule has 2 aromatic carbocycles. The molecule has 0 fully saturated rings. The molecule has 0 saturated carbocycles. The fourth-order valence-electron chi connectivity index (χ4n) is 2.39. The Kier molecular flexibility index (Phi) is 3.44. The van der Waals surface area contributed by atoms with Crippen molar-refractivity contribution in [1.29, 1.82) is 0 Å². The summed E-state index contributed by atoms with van der Waals surface area (Å²) in [6.45, 7) is 0.